The second-order valence-electron chi connectivity index (χ2n) is 8.93. The molecule has 0 saturated carbocycles. The molecule has 5 rings (SSSR count). The summed E-state index contributed by atoms with van der Waals surface area (Å²) in [7, 11) is 1.34. The van der Waals surface area contributed by atoms with Crippen molar-refractivity contribution in [3.8, 4) is 16.9 Å². The number of pyridine rings is 1. The van der Waals surface area contributed by atoms with Crippen LogP contribution in [-0.2, 0) is 11.2 Å². The minimum atomic E-state index is -4.51. The summed E-state index contributed by atoms with van der Waals surface area (Å²) >= 11 is 0. The van der Waals surface area contributed by atoms with Crippen molar-refractivity contribution in [3.05, 3.63) is 47.8 Å². The van der Waals surface area contributed by atoms with Crippen molar-refractivity contribution < 1.29 is 40.6 Å². The highest BCUT2D eigenvalue weighted by Crippen LogP contribution is 2.37. The van der Waals surface area contributed by atoms with Crippen LogP contribution in [0.1, 0.15) is 15.9 Å². The van der Waals surface area contributed by atoms with E-state index in [-0.39, 0.29) is 37.4 Å². The van der Waals surface area contributed by atoms with Gasteiger partial charge in [0.1, 0.15) is 12.3 Å². The molecule has 0 aliphatic carbocycles. The minimum absolute atomic E-state index is 0.0549. The summed E-state index contributed by atoms with van der Waals surface area (Å²) in [4.78, 5) is 15.1. The van der Waals surface area contributed by atoms with Gasteiger partial charge in [0, 0.05) is 18.7 Å². The van der Waals surface area contributed by atoms with Gasteiger partial charge in [0.15, 0.2) is 6.10 Å². The number of ether oxygens (including phenoxy) is 2. The van der Waals surface area contributed by atoms with Gasteiger partial charge in [-0.3, -0.25) is 4.79 Å². The van der Waals surface area contributed by atoms with Gasteiger partial charge in [0.05, 0.1) is 49.4 Å². The van der Waals surface area contributed by atoms with Crippen molar-refractivity contribution >= 4 is 17.1 Å². The highest BCUT2D eigenvalue weighted by Gasteiger charge is 2.43. The van der Waals surface area contributed by atoms with Crippen LogP contribution in [0.4, 0.5) is 32.0 Å². The van der Waals surface area contributed by atoms with Crippen molar-refractivity contribution in [3.63, 3.8) is 0 Å². The molecule has 2 aliphatic rings. The SMILES string of the molecule is COc1cc(-c2cnn3cc(N4CCOC(C(F)(F)F)C4)ccc23)cc2c1C(=O)N(CC(F)(F)F)CC2. The van der Waals surface area contributed by atoms with Crippen LogP contribution in [0.3, 0.4) is 0 Å². The first-order valence-electron chi connectivity index (χ1n) is 11.4. The van der Waals surface area contributed by atoms with Gasteiger partial charge in [0.2, 0.25) is 0 Å². The Labute approximate surface area is 207 Å². The van der Waals surface area contributed by atoms with Gasteiger partial charge in [-0.05, 0) is 41.8 Å². The van der Waals surface area contributed by atoms with Gasteiger partial charge in [-0.2, -0.15) is 31.4 Å². The Bertz CT molecular complexity index is 1320. The molecule has 2 aromatic heterocycles. The van der Waals surface area contributed by atoms with Gasteiger partial charge in [-0.25, -0.2) is 4.52 Å². The van der Waals surface area contributed by atoms with E-state index in [9.17, 15) is 31.1 Å². The molecule has 0 radical (unpaired) electrons. The Hall–Kier alpha value is -3.48. The number of hydrogen-bond donors (Lipinski definition) is 0. The molecule has 1 amide bonds. The fraction of sp³-hybridized carbons (Fsp3) is 0.417. The standard InChI is InChI=1S/C24H22F6N4O3/c1-36-19-9-15(8-14-4-5-33(13-23(25,26)27)22(35)21(14)19)17-10-31-34-11-16(2-3-18(17)34)32-6-7-37-20(12-32)24(28,29)30/h2-3,8-11,20H,4-7,12-13H2,1H3. The summed E-state index contributed by atoms with van der Waals surface area (Å²) < 4.78 is 89.8. The van der Waals surface area contributed by atoms with Crippen LogP contribution in [0.15, 0.2) is 36.7 Å². The molecule has 0 bridgehead atoms. The zero-order valence-electron chi connectivity index (χ0n) is 19.6. The summed E-state index contributed by atoms with van der Waals surface area (Å²) in [6.07, 6.45) is -7.40. The number of morpholine rings is 1. The molecule has 4 heterocycles. The first-order chi connectivity index (χ1) is 17.4. The normalized spacial score (nSPS) is 18.9. The van der Waals surface area contributed by atoms with E-state index in [4.69, 9.17) is 9.47 Å². The number of rotatable bonds is 4. The molecule has 7 nitrogen and oxygen atoms in total. The molecule has 2 aliphatic heterocycles. The van der Waals surface area contributed by atoms with E-state index in [1.54, 1.807) is 46.1 Å². The topological polar surface area (TPSA) is 59.3 Å². The fourth-order valence-corrected chi connectivity index (χ4v) is 4.78. The number of anilines is 1. The smallest absolute Gasteiger partial charge is 0.416 e. The predicted molar refractivity (Wildman–Crippen MR) is 121 cm³/mol. The van der Waals surface area contributed by atoms with Crippen molar-refractivity contribution in [2.75, 3.05) is 44.8 Å². The number of benzene rings is 1. The van der Waals surface area contributed by atoms with E-state index < -0.39 is 30.9 Å². The van der Waals surface area contributed by atoms with Crippen LogP contribution >= 0.6 is 0 Å². The number of alkyl halides is 6. The zero-order chi connectivity index (χ0) is 26.5. The highest BCUT2D eigenvalue weighted by molar-refractivity contribution is 6.00. The molecule has 1 atom stereocenters. The van der Waals surface area contributed by atoms with Crippen LogP contribution in [0.5, 0.6) is 5.75 Å². The molecule has 198 valence electrons. The van der Waals surface area contributed by atoms with Gasteiger partial charge in [0.25, 0.3) is 5.91 Å². The van der Waals surface area contributed by atoms with Crippen LogP contribution < -0.4 is 9.64 Å². The number of carbonyl (C=O) groups is 1. The Morgan fingerprint density at radius 3 is 2.62 bits per heavy atom. The first kappa shape index (κ1) is 25.2. The molecule has 0 N–H and O–H groups in total. The van der Waals surface area contributed by atoms with Crippen LogP contribution in [-0.4, -0.2) is 78.8 Å². The first-order valence-corrected chi connectivity index (χ1v) is 11.4. The monoisotopic (exact) mass is 528 g/mol. The third-order valence-corrected chi connectivity index (χ3v) is 6.53. The van der Waals surface area contributed by atoms with Gasteiger partial charge in [-0.15, -0.1) is 0 Å². The maximum absolute atomic E-state index is 13.1. The summed E-state index contributed by atoms with van der Waals surface area (Å²) in [5.41, 5.74) is 3.21. The lowest BCUT2D eigenvalue weighted by Crippen LogP contribution is -2.49. The number of aromatic nitrogens is 2. The molecule has 0 spiro atoms. The van der Waals surface area contributed by atoms with Gasteiger partial charge in [-0.1, -0.05) is 0 Å². The number of carbonyl (C=O) groups excluding carboxylic acids is 1. The maximum Gasteiger partial charge on any atom is 0.416 e. The summed E-state index contributed by atoms with van der Waals surface area (Å²) in [6, 6.07) is 6.75. The van der Waals surface area contributed by atoms with Crippen molar-refractivity contribution in [2.45, 2.75) is 24.9 Å². The average Bonchev–Trinajstić information content (AvgIpc) is 3.27. The predicted octanol–water partition coefficient (Wildman–Crippen LogP) is 4.34. The van der Waals surface area contributed by atoms with Crippen molar-refractivity contribution in [1.82, 2.24) is 14.5 Å². The lowest BCUT2D eigenvalue weighted by atomic mass is 9.93. The number of amides is 1. The minimum Gasteiger partial charge on any atom is -0.496 e. The molecular formula is C24H22F6N4O3. The molecule has 1 saturated heterocycles. The molecule has 1 fully saturated rings. The second-order valence-corrected chi connectivity index (χ2v) is 8.93. The summed E-state index contributed by atoms with van der Waals surface area (Å²) in [6.45, 7) is -1.49. The van der Waals surface area contributed by atoms with E-state index in [1.807, 2.05) is 0 Å². The summed E-state index contributed by atoms with van der Waals surface area (Å²) in [5, 5.41) is 4.35. The molecule has 13 heteroatoms. The number of hydrogen-bond acceptors (Lipinski definition) is 5. The molecule has 3 aromatic rings. The number of halogens is 6. The lowest BCUT2D eigenvalue weighted by Gasteiger charge is -2.35. The number of methoxy groups -OCH3 is 1. The van der Waals surface area contributed by atoms with Crippen LogP contribution in [0.2, 0.25) is 0 Å². The lowest BCUT2D eigenvalue weighted by molar-refractivity contribution is -0.221. The zero-order valence-corrected chi connectivity index (χ0v) is 19.6. The Morgan fingerprint density at radius 2 is 1.92 bits per heavy atom. The third-order valence-electron chi connectivity index (χ3n) is 6.53. The van der Waals surface area contributed by atoms with Crippen LogP contribution in [0.25, 0.3) is 16.6 Å². The van der Waals surface area contributed by atoms with Crippen molar-refractivity contribution in [1.29, 1.82) is 0 Å². The molecule has 37 heavy (non-hydrogen) atoms. The van der Waals surface area contributed by atoms with E-state index in [1.165, 1.54) is 7.11 Å². The quantitative estimate of drug-likeness (QED) is 0.472. The number of fused-ring (bicyclic) bond motifs is 2. The number of nitrogens with zero attached hydrogens (tertiary/aromatic N) is 4. The third kappa shape index (κ3) is 4.91. The average molecular weight is 528 g/mol. The molecule has 1 aromatic carbocycles. The van der Waals surface area contributed by atoms with Gasteiger partial charge < -0.3 is 19.3 Å². The highest BCUT2D eigenvalue weighted by atomic mass is 19.4. The Kier molecular flexibility index (Phi) is 6.21. The fourth-order valence-electron chi connectivity index (χ4n) is 4.78. The van der Waals surface area contributed by atoms with Gasteiger partial charge >= 0.3 is 12.4 Å². The van der Waals surface area contributed by atoms with E-state index >= 15 is 0 Å². The Balaban J connectivity index is 1.45. The largest absolute Gasteiger partial charge is 0.496 e. The molecule has 1 unspecified atom stereocenters. The van der Waals surface area contributed by atoms with E-state index in [2.05, 4.69) is 5.10 Å². The molecular weight excluding hydrogens is 506 g/mol. The van der Waals surface area contributed by atoms with E-state index in [0.29, 0.717) is 34.4 Å². The van der Waals surface area contributed by atoms with E-state index in [0.717, 1.165) is 4.90 Å². The van der Waals surface area contributed by atoms with Crippen LogP contribution in [0, 0.1) is 0 Å². The van der Waals surface area contributed by atoms with Crippen molar-refractivity contribution in [2.24, 2.45) is 0 Å². The second kappa shape index (κ2) is 9.12. The summed E-state index contributed by atoms with van der Waals surface area (Å²) in [5.74, 6) is -0.582. The Morgan fingerprint density at radius 1 is 1.14 bits per heavy atom. The maximum atomic E-state index is 13.1.